The Labute approximate surface area is 182 Å². The number of aryl methyl sites for hydroxylation is 1. The first-order chi connectivity index (χ1) is 14.5. The number of aliphatic imine (C=N–C) groups is 1. The van der Waals surface area contributed by atoms with Crippen LogP contribution in [0.3, 0.4) is 0 Å². The van der Waals surface area contributed by atoms with Crippen molar-refractivity contribution in [1.82, 2.24) is 4.31 Å². The van der Waals surface area contributed by atoms with Crippen LogP contribution in [0.1, 0.15) is 18.4 Å². The molecule has 2 aromatic carbocycles. The van der Waals surface area contributed by atoms with Crippen molar-refractivity contribution < 1.29 is 4.39 Å². The molecule has 5 heteroatoms. The zero-order valence-corrected chi connectivity index (χ0v) is 18.0. The van der Waals surface area contributed by atoms with Crippen LogP contribution in [0.5, 0.6) is 0 Å². The van der Waals surface area contributed by atoms with Crippen molar-refractivity contribution in [1.29, 1.82) is 0 Å². The van der Waals surface area contributed by atoms with Crippen LogP contribution >= 0.6 is 11.9 Å². The summed E-state index contributed by atoms with van der Waals surface area (Å²) in [4.78, 5) is 5.99. The lowest BCUT2D eigenvalue weighted by Crippen LogP contribution is -2.43. The molecule has 154 valence electrons. The number of nitrogens with zero attached hydrogens (tertiary/aromatic N) is 2. The van der Waals surface area contributed by atoms with E-state index < -0.39 is 0 Å². The van der Waals surface area contributed by atoms with Crippen LogP contribution < -0.4 is 5.73 Å². The van der Waals surface area contributed by atoms with E-state index in [1.165, 1.54) is 28.2 Å². The van der Waals surface area contributed by atoms with E-state index in [0.29, 0.717) is 0 Å². The Morgan fingerprint density at radius 3 is 2.73 bits per heavy atom. The summed E-state index contributed by atoms with van der Waals surface area (Å²) in [5.41, 5.74) is 11.0. The molecular formula is C25H26FN3S. The normalized spacial score (nSPS) is 24.5. The molecule has 2 aromatic rings. The van der Waals surface area contributed by atoms with Gasteiger partial charge in [-0.05, 0) is 91.5 Å². The van der Waals surface area contributed by atoms with E-state index in [1.807, 2.05) is 0 Å². The van der Waals surface area contributed by atoms with Gasteiger partial charge >= 0.3 is 0 Å². The number of benzene rings is 2. The van der Waals surface area contributed by atoms with Gasteiger partial charge in [-0.25, -0.2) is 13.7 Å². The molecule has 0 radical (unpaired) electrons. The van der Waals surface area contributed by atoms with Crippen molar-refractivity contribution in [3.05, 3.63) is 96.0 Å². The first-order valence-electron chi connectivity index (χ1n) is 10.1. The number of piperidine rings is 1. The Kier molecular flexibility index (Phi) is 5.93. The first kappa shape index (κ1) is 20.6. The third kappa shape index (κ3) is 4.27. The second-order valence-electron chi connectivity index (χ2n) is 7.89. The molecule has 1 fully saturated rings. The highest BCUT2D eigenvalue weighted by Gasteiger charge is 2.41. The summed E-state index contributed by atoms with van der Waals surface area (Å²) in [6.45, 7) is 8.14. The topological polar surface area (TPSA) is 41.6 Å². The van der Waals surface area contributed by atoms with E-state index in [2.05, 4.69) is 54.2 Å². The van der Waals surface area contributed by atoms with E-state index in [9.17, 15) is 4.39 Å². The number of fused-ring (bicyclic) bond motifs is 1. The molecular weight excluding hydrogens is 393 g/mol. The van der Waals surface area contributed by atoms with Crippen molar-refractivity contribution in [2.24, 2.45) is 16.1 Å². The molecule has 0 spiro atoms. The molecule has 1 aliphatic heterocycles. The van der Waals surface area contributed by atoms with Crippen molar-refractivity contribution in [3.8, 4) is 0 Å². The van der Waals surface area contributed by atoms with E-state index >= 15 is 0 Å². The molecule has 0 bridgehead atoms. The van der Waals surface area contributed by atoms with Gasteiger partial charge in [0.15, 0.2) is 0 Å². The zero-order valence-electron chi connectivity index (χ0n) is 17.1. The lowest BCUT2D eigenvalue weighted by atomic mass is 9.67. The Balaban J connectivity index is 1.61. The van der Waals surface area contributed by atoms with Crippen LogP contribution in [0.4, 0.5) is 10.1 Å². The van der Waals surface area contributed by atoms with Crippen LogP contribution in [0.15, 0.2) is 94.5 Å². The molecule has 4 rings (SSSR count). The van der Waals surface area contributed by atoms with Crippen molar-refractivity contribution in [2.45, 2.75) is 24.7 Å². The molecule has 3 nitrogen and oxygen atoms in total. The van der Waals surface area contributed by atoms with E-state index in [4.69, 9.17) is 10.7 Å². The minimum atomic E-state index is -0.264. The van der Waals surface area contributed by atoms with Gasteiger partial charge in [0, 0.05) is 23.4 Å². The lowest BCUT2D eigenvalue weighted by molar-refractivity contribution is 0.278. The molecule has 0 amide bonds. The second kappa shape index (κ2) is 8.62. The smallest absolute Gasteiger partial charge is 0.123 e. The molecule has 30 heavy (non-hydrogen) atoms. The molecule has 1 heterocycles. The summed E-state index contributed by atoms with van der Waals surface area (Å²) in [5, 5.41) is 0. The Morgan fingerprint density at radius 1 is 1.23 bits per heavy atom. The summed E-state index contributed by atoms with van der Waals surface area (Å²) in [6.07, 6.45) is 7.59. The summed E-state index contributed by atoms with van der Waals surface area (Å²) in [5.74, 6) is -0.264. The number of rotatable bonds is 4. The standard InChI is InChI=1S/C25H26FN3S/c1-3-25-15-19(16-27)24(28-22-9-7-21(26)8-10-22)14-20(25)11-12-29(17-25)30-23-6-4-5-18(2)13-23/h3-10,13-14,16H,1,11-12,15,17,27H2,2H3. The fourth-order valence-electron chi connectivity index (χ4n) is 4.13. The van der Waals surface area contributed by atoms with Crippen LogP contribution in [0, 0.1) is 18.2 Å². The van der Waals surface area contributed by atoms with Crippen molar-refractivity contribution >= 4 is 23.3 Å². The van der Waals surface area contributed by atoms with Gasteiger partial charge in [0.1, 0.15) is 5.82 Å². The minimum absolute atomic E-state index is 0.151. The van der Waals surface area contributed by atoms with Crippen molar-refractivity contribution in [3.63, 3.8) is 0 Å². The molecule has 0 aromatic heterocycles. The van der Waals surface area contributed by atoms with Gasteiger partial charge in [0.2, 0.25) is 0 Å². The average molecular weight is 420 g/mol. The highest BCUT2D eigenvalue weighted by atomic mass is 32.2. The maximum atomic E-state index is 13.2. The highest BCUT2D eigenvalue weighted by molar-refractivity contribution is 7.97. The summed E-state index contributed by atoms with van der Waals surface area (Å²) in [6, 6.07) is 14.8. The maximum absolute atomic E-state index is 13.2. The lowest BCUT2D eigenvalue weighted by Gasteiger charge is -2.45. The maximum Gasteiger partial charge on any atom is 0.123 e. The summed E-state index contributed by atoms with van der Waals surface area (Å²) < 4.78 is 15.7. The van der Waals surface area contributed by atoms with Crippen LogP contribution in [0.2, 0.25) is 0 Å². The Bertz CT molecular complexity index is 1040. The van der Waals surface area contributed by atoms with Gasteiger partial charge in [-0.2, -0.15) is 0 Å². The van der Waals surface area contributed by atoms with Crippen LogP contribution in [-0.4, -0.2) is 23.1 Å². The number of nitrogens with two attached hydrogens (primary N) is 1. The predicted molar refractivity (Wildman–Crippen MR) is 124 cm³/mol. The minimum Gasteiger partial charge on any atom is -0.404 e. The van der Waals surface area contributed by atoms with Gasteiger partial charge in [0.05, 0.1) is 11.4 Å². The van der Waals surface area contributed by atoms with E-state index in [1.54, 1.807) is 30.3 Å². The largest absolute Gasteiger partial charge is 0.404 e. The molecule has 1 unspecified atom stereocenters. The number of hydrogen-bond acceptors (Lipinski definition) is 4. The average Bonchev–Trinajstić information content (AvgIpc) is 2.75. The Hall–Kier alpha value is -2.63. The highest BCUT2D eigenvalue weighted by Crippen LogP contribution is 2.47. The van der Waals surface area contributed by atoms with Crippen molar-refractivity contribution in [2.75, 3.05) is 13.1 Å². The van der Waals surface area contributed by atoms with Gasteiger partial charge < -0.3 is 5.73 Å². The van der Waals surface area contributed by atoms with Gasteiger partial charge in [0.25, 0.3) is 0 Å². The molecule has 2 N–H and O–H groups in total. The third-order valence-electron chi connectivity index (χ3n) is 5.77. The molecule has 1 saturated heterocycles. The third-order valence-corrected chi connectivity index (χ3v) is 6.80. The number of halogens is 1. The van der Waals surface area contributed by atoms with Gasteiger partial charge in [-0.3, -0.25) is 0 Å². The van der Waals surface area contributed by atoms with E-state index in [0.717, 1.165) is 42.9 Å². The van der Waals surface area contributed by atoms with E-state index in [-0.39, 0.29) is 11.2 Å². The molecule has 2 aliphatic rings. The first-order valence-corrected chi connectivity index (χ1v) is 10.9. The number of allylic oxidation sites excluding steroid dienone is 2. The predicted octanol–water partition coefficient (Wildman–Crippen LogP) is 5.96. The zero-order chi connectivity index (χ0) is 21.1. The summed E-state index contributed by atoms with van der Waals surface area (Å²) in [7, 11) is 0. The fraction of sp³-hybridized carbons (Fsp3) is 0.240. The quantitative estimate of drug-likeness (QED) is 0.491. The van der Waals surface area contributed by atoms with Crippen LogP contribution in [-0.2, 0) is 0 Å². The molecule has 1 aliphatic carbocycles. The van der Waals surface area contributed by atoms with Gasteiger partial charge in [-0.1, -0.05) is 23.8 Å². The van der Waals surface area contributed by atoms with Gasteiger partial charge in [-0.15, -0.1) is 6.58 Å². The monoisotopic (exact) mass is 419 g/mol. The van der Waals surface area contributed by atoms with Crippen LogP contribution in [0.25, 0.3) is 0 Å². The summed E-state index contributed by atoms with van der Waals surface area (Å²) >= 11 is 1.80. The Morgan fingerprint density at radius 2 is 2.03 bits per heavy atom. The number of hydrogen-bond donors (Lipinski definition) is 1. The second-order valence-corrected chi connectivity index (χ2v) is 9.06. The SMILES string of the molecule is C=CC12CC(=CN)C(=Nc3ccc(F)cc3)C=C1CCN(Sc1cccc(C)c1)C2. The fourth-order valence-corrected chi connectivity index (χ4v) is 5.29. The molecule has 0 saturated carbocycles. The molecule has 1 atom stereocenters.